The molecule has 0 fully saturated rings. The van der Waals surface area contributed by atoms with E-state index in [1.54, 1.807) is 42.7 Å². The fourth-order valence-corrected chi connectivity index (χ4v) is 3.52. The predicted molar refractivity (Wildman–Crippen MR) is 105 cm³/mol. The normalized spacial score (nSPS) is 12.5. The summed E-state index contributed by atoms with van der Waals surface area (Å²) in [5.41, 5.74) is -0.426. The van der Waals surface area contributed by atoms with Gasteiger partial charge in [-0.2, -0.15) is 0 Å². The van der Waals surface area contributed by atoms with Gasteiger partial charge >= 0.3 is 0 Å². The second-order valence-electron chi connectivity index (χ2n) is 6.21. The van der Waals surface area contributed by atoms with E-state index in [-0.39, 0.29) is 10.9 Å². The molecule has 27 heavy (non-hydrogen) atoms. The maximum atomic E-state index is 13.1. The number of nitrogens with one attached hydrogen (secondary N) is 2. The quantitative estimate of drug-likeness (QED) is 0.532. The number of hydrogen-bond donors (Lipinski definition) is 2. The Labute approximate surface area is 157 Å². The molecule has 1 atom stereocenters. The fourth-order valence-electron chi connectivity index (χ4n) is 3.35. The molecule has 0 spiro atoms. The zero-order valence-electron chi connectivity index (χ0n) is 14.3. The molecule has 0 aliphatic carbocycles. The number of fused-ring (bicyclic) bond motifs is 2. The fraction of sp³-hybridized carbons (Fsp3) is 0.158. The van der Waals surface area contributed by atoms with E-state index in [0.29, 0.717) is 22.3 Å². The molecule has 1 unspecified atom stereocenters. The molecule has 1 aromatic carbocycles. The van der Waals surface area contributed by atoms with Crippen LogP contribution < -0.4 is 16.5 Å². The number of halogens is 1. The summed E-state index contributed by atoms with van der Waals surface area (Å²) in [5.74, 6) is 0. The molecule has 0 saturated heterocycles. The van der Waals surface area contributed by atoms with E-state index in [0.717, 1.165) is 5.56 Å². The number of hydrogen-bond acceptors (Lipinski definition) is 4. The second kappa shape index (κ2) is 6.51. The smallest absolute Gasteiger partial charge is 0.287 e. The van der Waals surface area contributed by atoms with Crippen LogP contribution in [0.1, 0.15) is 24.9 Å². The van der Waals surface area contributed by atoms with Gasteiger partial charge in [0.1, 0.15) is 10.9 Å². The lowest BCUT2D eigenvalue weighted by Crippen LogP contribution is -2.36. The standard InChI is InChI=1S/C19H15ClN4O3/c1-2-14(10-5-7-21-8-6-10)24-19(27)15-16(18(26)23-24)22-13-9-11(20)3-4-12(13)17(15)25/h3-9,14H,2H2,1H3,(H,22,25)(H,23,26). The maximum absolute atomic E-state index is 13.1. The first-order valence-corrected chi connectivity index (χ1v) is 8.79. The van der Waals surface area contributed by atoms with Crippen molar-refractivity contribution in [3.05, 3.63) is 84.2 Å². The Bertz CT molecular complexity index is 1340. The monoisotopic (exact) mass is 382 g/mol. The van der Waals surface area contributed by atoms with Gasteiger partial charge in [0.2, 0.25) is 5.43 Å². The summed E-state index contributed by atoms with van der Waals surface area (Å²) in [4.78, 5) is 45.6. The van der Waals surface area contributed by atoms with Crippen LogP contribution in [-0.4, -0.2) is 19.7 Å². The average molecular weight is 383 g/mol. The highest BCUT2D eigenvalue weighted by Crippen LogP contribution is 2.19. The summed E-state index contributed by atoms with van der Waals surface area (Å²) in [5, 5.41) is 3.16. The van der Waals surface area contributed by atoms with Gasteiger partial charge in [0, 0.05) is 22.8 Å². The summed E-state index contributed by atoms with van der Waals surface area (Å²) in [6, 6.07) is 7.79. The zero-order valence-corrected chi connectivity index (χ0v) is 15.1. The Balaban J connectivity index is 2.09. The van der Waals surface area contributed by atoms with Crippen molar-refractivity contribution in [3.8, 4) is 0 Å². The topological polar surface area (TPSA) is 101 Å². The molecule has 4 rings (SSSR count). The van der Waals surface area contributed by atoms with Gasteiger partial charge in [-0.1, -0.05) is 18.5 Å². The van der Waals surface area contributed by atoms with Gasteiger partial charge in [-0.05, 0) is 42.3 Å². The lowest BCUT2D eigenvalue weighted by Gasteiger charge is -2.18. The molecular weight excluding hydrogens is 368 g/mol. The number of nitrogens with zero attached hydrogens (tertiary/aromatic N) is 2. The van der Waals surface area contributed by atoms with Crippen LogP contribution >= 0.6 is 11.6 Å². The van der Waals surface area contributed by atoms with Crippen molar-refractivity contribution in [1.82, 2.24) is 19.7 Å². The first kappa shape index (κ1) is 17.2. The third kappa shape index (κ3) is 2.76. The summed E-state index contributed by atoms with van der Waals surface area (Å²) < 4.78 is 1.22. The second-order valence-corrected chi connectivity index (χ2v) is 6.65. The number of benzene rings is 1. The van der Waals surface area contributed by atoms with E-state index >= 15 is 0 Å². The first-order valence-electron chi connectivity index (χ1n) is 8.41. The molecule has 3 heterocycles. The van der Waals surface area contributed by atoms with Crippen molar-refractivity contribution in [2.75, 3.05) is 0 Å². The van der Waals surface area contributed by atoms with Crippen LogP contribution in [0.25, 0.3) is 21.8 Å². The van der Waals surface area contributed by atoms with E-state index < -0.39 is 22.6 Å². The van der Waals surface area contributed by atoms with Crippen LogP contribution in [0.4, 0.5) is 0 Å². The molecule has 7 nitrogen and oxygen atoms in total. The highest BCUT2D eigenvalue weighted by molar-refractivity contribution is 6.31. The predicted octanol–water partition coefficient (Wildman–Crippen LogP) is 2.58. The van der Waals surface area contributed by atoms with Crippen molar-refractivity contribution >= 4 is 33.4 Å². The summed E-state index contributed by atoms with van der Waals surface area (Å²) in [6.07, 6.45) is 3.78. The largest absolute Gasteiger partial charge is 0.350 e. The van der Waals surface area contributed by atoms with E-state index in [4.69, 9.17) is 11.6 Å². The van der Waals surface area contributed by atoms with Crippen LogP contribution in [0.3, 0.4) is 0 Å². The molecule has 0 aliphatic rings. The Morgan fingerprint density at radius 3 is 2.59 bits per heavy atom. The average Bonchev–Trinajstić information content (AvgIpc) is 2.66. The molecule has 0 bridgehead atoms. The van der Waals surface area contributed by atoms with E-state index in [1.165, 1.54) is 4.68 Å². The molecule has 0 saturated carbocycles. The maximum Gasteiger partial charge on any atom is 0.287 e. The third-order valence-corrected chi connectivity index (χ3v) is 4.87. The zero-order chi connectivity index (χ0) is 19.1. The number of H-pyrrole nitrogens is 2. The minimum atomic E-state index is -0.550. The summed E-state index contributed by atoms with van der Waals surface area (Å²) in [6.45, 7) is 1.90. The van der Waals surface area contributed by atoms with E-state index in [1.807, 2.05) is 6.92 Å². The van der Waals surface area contributed by atoms with Crippen molar-refractivity contribution in [1.29, 1.82) is 0 Å². The van der Waals surface area contributed by atoms with Gasteiger partial charge in [-0.15, -0.1) is 0 Å². The van der Waals surface area contributed by atoms with Gasteiger partial charge < -0.3 is 4.98 Å². The lowest BCUT2D eigenvalue weighted by molar-refractivity contribution is 0.481. The van der Waals surface area contributed by atoms with Crippen LogP contribution in [0.2, 0.25) is 5.02 Å². The Kier molecular flexibility index (Phi) is 4.16. The van der Waals surface area contributed by atoms with Crippen molar-refractivity contribution in [2.24, 2.45) is 0 Å². The van der Waals surface area contributed by atoms with Gasteiger partial charge in [-0.3, -0.25) is 24.5 Å². The van der Waals surface area contributed by atoms with Crippen LogP contribution in [-0.2, 0) is 0 Å². The molecule has 2 N–H and O–H groups in total. The van der Waals surface area contributed by atoms with Crippen molar-refractivity contribution < 1.29 is 0 Å². The third-order valence-electron chi connectivity index (χ3n) is 4.63. The molecule has 0 radical (unpaired) electrons. The first-order chi connectivity index (χ1) is 13.0. The Hall–Kier alpha value is -3.19. The molecule has 0 aliphatic heterocycles. The Morgan fingerprint density at radius 1 is 1.15 bits per heavy atom. The van der Waals surface area contributed by atoms with Gasteiger partial charge in [0.15, 0.2) is 0 Å². The number of rotatable bonds is 3. The van der Waals surface area contributed by atoms with Crippen molar-refractivity contribution in [2.45, 2.75) is 19.4 Å². The minimum Gasteiger partial charge on any atom is -0.350 e. The summed E-state index contributed by atoms with van der Waals surface area (Å²) in [7, 11) is 0. The van der Waals surface area contributed by atoms with Gasteiger partial charge in [-0.25, -0.2) is 4.68 Å². The molecule has 8 heteroatoms. The molecule has 0 amide bonds. The Morgan fingerprint density at radius 2 is 1.89 bits per heavy atom. The van der Waals surface area contributed by atoms with Gasteiger partial charge in [0.05, 0.1) is 11.6 Å². The molecule has 3 aromatic heterocycles. The minimum absolute atomic E-state index is 0.0550. The molecular formula is C19H15ClN4O3. The van der Waals surface area contributed by atoms with Gasteiger partial charge in [0.25, 0.3) is 11.1 Å². The highest BCUT2D eigenvalue weighted by atomic mass is 35.5. The van der Waals surface area contributed by atoms with Crippen LogP contribution in [0, 0.1) is 0 Å². The van der Waals surface area contributed by atoms with E-state index in [9.17, 15) is 14.4 Å². The lowest BCUT2D eigenvalue weighted by atomic mass is 10.1. The van der Waals surface area contributed by atoms with Crippen LogP contribution in [0.5, 0.6) is 0 Å². The van der Waals surface area contributed by atoms with Crippen molar-refractivity contribution in [3.63, 3.8) is 0 Å². The highest BCUT2D eigenvalue weighted by Gasteiger charge is 2.19. The van der Waals surface area contributed by atoms with E-state index in [2.05, 4.69) is 15.1 Å². The molecule has 4 aromatic rings. The van der Waals surface area contributed by atoms with Crippen LogP contribution in [0.15, 0.2) is 57.1 Å². The summed E-state index contributed by atoms with van der Waals surface area (Å²) >= 11 is 5.97. The molecule has 136 valence electrons. The SMILES string of the molecule is CCC(c1ccncc1)n1[nH]c(=O)c2[nH]c3cc(Cl)ccc3c(=O)c2c1=O. The number of aromatic amines is 2. The number of aromatic nitrogens is 4. The number of pyridine rings is 2.